The van der Waals surface area contributed by atoms with Crippen LogP contribution < -0.4 is 0 Å². The monoisotopic (exact) mass is 178 g/mol. The summed E-state index contributed by atoms with van der Waals surface area (Å²) >= 11 is 0. The normalized spacial score (nSPS) is 25.9. The van der Waals surface area contributed by atoms with Crippen LogP contribution in [0.25, 0.3) is 0 Å². The van der Waals surface area contributed by atoms with E-state index in [4.69, 9.17) is 9.84 Å². The van der Waals surface area contributed by atoms with E-state index in [1.807, 2.05) is 18.2 Å². The standard InChI is InChI=1S/C11H14O2/c12-8-11-10(13-11)7-6-9-4-2-1-3-5-9/h1-5,10-12H,6-8H2. The minimum Gasteiger partial charge on any atom is -0.394 e. The van der Waals surface area contributed by atoms with Gasteiger partial charge in [0, 0.05) is 0 Å². The molecule has 1 saturated heterocycles. The van der Waals surface area contributed by atoms with Crippen LogP contribution in [-0.4, -0.2) is 23.9 Å². The zero-order chi connectivity index (χ0) is 9.10. The smallest absolute Gasteiger partial charge is 0.107 e. The van der Waals surface area contributed by atoms with Gasteiger partial charge in [-0.15, -0.1) is 0 Å². The van der Waals surface area contributed by atoms with E-state index in [0.29, 0.717) is 6.10 Å². The molecular formula is C11H14O2. The second-order valence-corrected chi connectivity index (χ2v) is 3.42. The average Bonchev–Trinajstić information content (AvgIpc) is 2.95. The number of aliphatic hydroxyl groups excluding tert-OH is 1. The van der Waals surface area contributed by atoms with E-state index in [1.54, 1.807) is 0 Å². The van der Waals surface area contributed by atoms with Crippen molar-refractivity contribution >= 4 is 0 Å². The molecular weight excluding hydrogens is 164 g/mol. The van der Waals surface area contributed by atoms with Gasteiger partial charge in [-0.1, -0.05) is 30.3 Å². The number of ether oxygens (including phenoxy) is 1. The van der Waals surface area contributed by atoms with Gasteiger partial charge in [0.2, 0.25) is 0 Å². The Morgan fingerprint density at radius 2 is 1.92 bits per heavy atom. The first kappa shape index (κ1) is 8.73. The molecule has 2 rings (SSSR count). The van der Waals surface area contributed by atoms with Crippen molar-refractivity contribution in [2.75, 3.05) is 6.61 Å². The van der Waals surface area contributed by atoms with E-state index in [1.165, 1.54) is 5.56 Å². The summed E-state index contributed by atoms with van der Waals surface area (Å²) in [5.74, 6) is 0. The number of hydrogen-bond acceptors (Lipinski definition) is 2. The molecule has 2 atom stereocenters. The maximum atomic E-state index is 8.75. The second-order valence-electron chi connectivity index (χ2n) is 3.42. The number of aryl methyl sites for hydroxylation is 1. The van der Waals surface area contributed by atoms with Crippen LogP contribution in [0.2, 0.25) is 0 Å². The third-order valence-electron chi connectivity index (χ3n) is 2.43. The van der Waals surface area contributed by atoms with Crippen LogP contribution in [-0.2, 0) is 11.2 Å². The summed E-state index contributed by atoms with van der Waals surface area (Å²) in [4.78, 5) is 0. The quantitative estimate of drug-likeness (QED) is 0.706. The van der Waals surface area contributed by atoms with E-state index >= 15 is 0 Å². The Labute approximate surface area is 78.2 Å². The van der Waals surface area contributed by atoms with Gasteiger partial charge in [0.1, 0.15) is 6.10 Å². The zero-order valence-electron chi connectivity index (χ0n) is 7.52. The number of rotatable bonds is 4. The highest BCUT2D eigenvalue weighted by atomic mass is 16.6. The van der Waals surface area contributed by atoms with Crippen molar-refractivity contribution in [2.24, 2.45) is 0 Å². The molecule has 1 N–H and O–H groups in total. The summed E-state index contributed by atoms with van der Waals surface area (Å²) in [6.45, 7) is 0.166. The van der Waals surface area contributed by atoms with Gasteiger partial charge in [0.15, 0.2) is 0 Å². The molecule has 0 radical (unpaired) electrons. The van der Waals surface area contributed by atoms with Crippen LogP contribution >= 0.6 is 0 Å². The van der Waals surface area contributed by atoms with Crippen molar-refractivity contribution in [1.82, 2.24) is 0 Å². The van der Waals surface area contributed by atoms with Crippen molar-refractivity contribution in [3.05, 3.63) is 35.9 Å². The minimum absolute atomic E-state index is 0.115. The van der Waals surface area contributed by atoms with Gasteiger partial charge in [0.05, 0.1) is 12.7 Å². The van der Waals surface area contributed by atoms with Crippen LogP contribution in [0.15, 0.2) is 30.3 Å². The van der Waals surface area contributed by atoms with Crippen molar-refractivity contribution in [3.63, 3.8) is 0 Å². The lowest BCUT2D eigenvalue weighted by molar-refractivity contribution is 0.241. The van der Waals surface area contributed by atoms with E-state index in [9.17, 15) is 0 Å². The molecule has 0 spiro atoms. The van der Waals surface area contributed by atoms with Gasteiger partial charge < -0.3 is 9.84 Å². The largest absolute Gasteiger partial charge is 0.394 e. The summed E-state index contributed by atoms with van der Waals surface area (Å²) in [6.07, 6.45) is 2.48. The van der Waals surface area contributed by atoms with E-state index < -0.39 is 0 Å². The highest BCUT2D eigenvalue weighted by Gasteiger charge is 2.37. The molecule has 2 unspecified atom stereocenters. The number of aliphatic hydroxyl groups is 1. The molecule has 13 heavy (non-hydrogen) atoms. The minimum atomic E-state index is 0.115. The molecule has 0 saturated carbocycles. The molecule has 2 heteroatoms. The van der Waals surface area contributed by atoms with E-state index in [2.05, 4.69) is 12.1 Å². The molecule has 0 bridgehead atoms. The number of hydrogen-bond donors (Lipinski definition) is 1. The predicted octanol–water partition coefficient (Wildman–Crippen LogP) is 1.38. The molecule has 2 nitrogen and oxygen atoms in total. The molecule has 0 aromatic heterocycles. The van der Waals surface area contributed by atoms with E-state index in [0.717, 1.165) is 12.8 Å². The van der Waals surface area contributed by atoms with Crippen LogP contribution in [0.5, 0.6) is 0 Å². The van der Waals surface area contributed by atoms with Gasteiger partial charge >= 0.3 is 0 Å². The maximum Gasteiger partial charge on any atom is 0.107 e. The second kappa shape index (κ2) is 3.90. The fourth-order valence-corrected chi connectivity index (χ4v) is 1.55. The first-order valence-corrected chi connectivity index (χ1v) is 4.70. The molecule has 70 valence electrons. The first-order valence-electron chi connectivity index (χ1n) is 4.70. The summed E-state index contributed by atoms with van der Waals surface area (Å²) in [5.41, 5.74) is 1.34. The molecule has 1 fully saturated rings. The van der Waals surface area contributed by atoms with Gasteiger partial charge in [-0.3, -0.25) is 0 Å². The zero-order valence-corrected chi connectivity index (χ0v) is 7.52. The predicted molar refractivity (Wildman–Crippen MR) is 50.5 cm³/mol. The molecule has 1 aromatic carbocycles. The maximum absolute atomic E-state index is 8.75. The van der Waals surface area contributed by atoms with Crippen molar-refractivity contribution in [1.29, 1.82) is 0 Å². The fraction of sp³-hybridized carbons (Fsp3) is 0.455. The summed E-state index contributed by atoms with van der Waals surface area (Å²) in [6, 6.07) is 10.4. The number of benzene rings is 1. The van der Waals surface area contributed by atoms with Crippen LogP contribution in [0, 0.1) is 0 Å². The Morgan fingerprint density at radius 1 is 1.15 bits per heavy atom. The Balaban J connectivity index is 1.75. The lowest BCUT2D eigenvalue weighted by Gasteiger charge is -1.97. The van der Waals surface area contributed by atoms with E-state index in [-0.39, 0.29) is 12.7 Å². The highest BCUT2D eigenvalue weighted by Crippen LogP contribution is 2.25. The van der Waals surface area contributed by atoms with Crippen molar-refractivity contribution in [3.8, 4) is 0 Å². The molecule has 1 aliphatic heterocycles. The molecule has 0 aliphatic carbocycles. The third-order valence-corrected chi connectivity index (χ3v) is 2.43. The van der Waals surface area contributed by atoms with Gasteiger partial charge in [-0.25, -0.2) is 0 Å². The third kappa shape index (κ3) is 2.29. The van der Waals surface area contributed by atoms with Gasteiger partial charge in [-0.2, -0.15) is 0 Å². The lowest BCUT2D eigenvalue weighted by Crippen LogP contribution is -2.00. The number of epoxide rings is 1. The lowest BCUT2D eigenvalue weighted by atomic mass is 10.1. The molecule has 1 aliphatic rings. The van der Waals surface area contributed by atoms with Crippen molar-refractivity contribution < 1.29 is 9.84 Å². The highest BCUT2D eigenvalue weighted by molar-refractivity contribution is 5.15. The Bertz CT molecular complexity index is 258. The van der Waals surface area contributed by atoms with Gasteiger partial charge in [-0.05, 0) is 18.4 Å². The summed E-state index contributed by atoms with van der Waals surface area (Å²) in [5, 5.41) is 8.75. The van der Waals surface area contributed by atoms with Crippen LogP contribution in [0.3, 0.4) is 0 Å². The SMILES string of the molecule is OCC1OC1CCc1ccccc1. The molecule has 0 amide bonds. The Morgan fingerprint density at radius 3 is 2.54 bits per heavy atom. The Kier molecular flexibility index (Phi) is 2.62. The first-order chi connectivity index (χ1) is 6.40. The molecule has 1 aromatic rings. The van der Waals surface area contributed by atoms with Crippen molar-refractivity contribution in [2.45, 2.75) is 25.0 Å². The summed E-state index contributed by atoms with van der Waals surface area (Å²) < 4.78 is 5.24. The van der Waals surface area contributed by atoms with Crippen LogP contribution in [0.4, 0.5) is 0 Å². The fourth-order valence-electron chi connectivity index (χ4n) is 1.55. The van der Waals surface area contributed by atoms with Crippen LogP contribution in [0.1, 0.15) is 12.0 Å². The topological polar surface area (TPSA) is 32.8 Å². The molecule has 1 heterocycles. The summed E-state index contributed by atoms with van der Waals surface area (Å²) in [7, 11) is 0. The van der Waals surface area contributed by atoms with Gasteiger partial charge in [0.25, 0.3) is 0 Å². The average molecular weight is 178 g/mol. The Hall–Kier alpha value is -0.860.